The van der Waals surface area contributed by atoms with Gasteiger partial charge in [-0.1, -0.05) is 12.1 Å². The normalized spacial score (nSPS) is 11.8. The van der Waals surface area contributed by atoms with Crippen molar-refractivity contribution in [3.05, 3.63) is 72.7 Å². The number of hydrogen-bond acceptors (Lipinski definition) is 3. The van der Waals surface area contributed by atoms with Gasteiger partial charge < -0.3 is 0 Å². The molecule has 3 heterocycles. The number of hydrogen-bond donors (Lipinski definition) is 0. The van der Waals surface area contributed by atoms with Gasteiger partial charge in [0.25, 0.3) is 0 Å². The first-order chi connectivity index (χ1) is 12.0. The monoisotopic (exact) mass is 340 g/mol. The molecule has 0 saturated heterocycles. The average molecular weight is 340 g/mol. The lowest BCUT2D eigenvalue weighted by atomic mass is 10.1. The van der Waals surface area contributed by atoms with Crippen molar-refractivity contribution in [2.45, 2.75) is 6.18 Å². The molecule has 0 amide bonds. The van der Waals surface area contributed by atoms with Crippen LogP contribution in [0.5, 0.6) is 0 Å². The summed E-state index contributed by atoms with van der Waals surface area (Å²) in [5.74, 6) is 0. The summed E-state index contributed by atoms with van der Waals surface area (Å²) in [5, 5.41) is 4.52. The third-order valence-electron chi connectivity index (χ3n) is 3.83. The van der Waals surface area contributed by atoms with E-state index < -0.39 is 11.7 Å². The Hall–Kier alpha value is -3.22. The standard InChI is InChI=1S/C18H11F3N4/c19-18(20,21)14-5-3-12(4-6-14)15-7-8-17-23-11-16(25(17)24-15)13-2-1-9-22-10-13/h1-11H. The third kappa shape index (κ3) is 2.84. The van der Waals surface area contributed by atoms with E-state index in [2.05, 4.69) is 15.1 Å². The van der Waals surface area contributed by atoms with Crippen molar-refractivity contribution in [1.29, 1.82) is 0 Å². The minimum Gasteiger partial charge on any atom is -0.264 e. The second kappa shape index (κ2) is 5.70. The van der Waals surface area contributed by atoms with Crippen LogP contribution in [0.4, 0.5) is 13.2 Å². The molecule has 0 aliphatic carbocycles. The molecule has 0 aliphatic heterocycles. The van der Waals surface area contributed by atoms with Gasteiger partial charge in [0.1, 0.15) is 0 Å². The minimum absolute atomic E-state index is 0.560. The maximum atomic E-state index is 12.7. The van der Waals surface area contributed by atoms with Crippen molar-refractivity contribution in [2.75, 3.05) is 0 Å². The largest absolute Gasteiger partial charge is 0.416 e. The average Bonchev–Trinajstić information content (AvgIpc) is 3.05. The molecule has 0 bridgehead atoms. The summed E-state index contributed by atoms with van der Waals surface area (Å²) in [5.41, 5.74) is 2.74. The molecule has 124 valence electrons. The van der Waals surface area contributed by atoms with Crippen molar-refractivity contribution in [3.63, 3.8) is 0 Å². The molecule has 0 saturated carbocycles. The number of nitrogens with zero attached hydrogens (tertiary/aromatic N) is 4. The van der Waals surface area contributed by atoms with Crippen molar-refractivity contribution in [1.82, 2.24) is 19.6 Å². The molecule has 0 unspecified atom stereocenters. The van der Waals surface area contributed by atoms with Crippen LogP contribution in [-0.2, 0) is 6.18 Å². The first-order valence-corrected chi connectivity index (χ1v) is 7.45. The zero-order chi connectivity index (χ0) is 17.4. The Bertz CT molecular complexity index is 1020. The van der Waals surface area contributed by atoms with Gasteiger partial charge in [-0.05, 0) is 36.4 Å². The smallest absolute Gasteiger partial charge is 0.264 e. The number of aromatic nitrogens is 4. The van der Waals surface area contributed by atoms with Gasteiger partial charge >= 0.3 is 6.18 Å². The van der Waals surface area contributed by atoms with Crippen LogP contribution >= 0.6 is 0 Å². The van der Waals surface area contributed by atoms with Crippen molar-refractivity contribution in [2.24, 2.45) is 0 Å². The molecule has 7 heteroatoms. The predicted octanol–water partition coefficient (Wildman–Crippen LogP) is 4.48. The van der Waals surface area contributed by atoms with Crippen LogP contribution in [0.15, 0.2) is 67.1 Å². The summed E-state index contributed by atoms with van der Waals surface area (Å²) in [6.07, 6.45) is 0.716. The van der Waals surface area contributed by atoms with Crippen LogP contribution in [0.25, 0.3) is 28.2 Å². The van der Waals surface area contributed by atoms with E-state index in [0.717, 1.165) is 23.4 Å². The zero-order valence-corrected chi connectivity index (χ0v) is 12.8. The van der Waals surface area contributed by atoms with Gasteiger partial charge in [0.05, 0.1) is 23.1 Å². The summed E-state index contributed by atoms with van der Waals surface area (Å²) in [7, 11) is 0. The predicted molar refractivity (Wildman–Crippen MR) is 86.7 cm³/mol. The van der Waals surface area contributed by atoms with Crippen molar-refractivity contribution < 1.29 is 13.2 Å². The van der Waals surface area contributed by atoms with Gasteiger partial charge in [-0.15, -0.1) is 0 Å². The van der Waals surface area contributed by atoms with E-state index in [1.807, 2.05) is 12.1 Å². The number of pyridine rings is 1. The lowest BCUT2D eigenvalue weighted by Crippen LogP contribution is -2.04. The Morgan fingerprint density at radius 3 is 2.32 bits per heavy atom. The van der Waals surface area contributed by atoms with E-state index in [-0.39, 0.29) is 0 Å². The molecule has 0 spiro atoms. The van der Waals surface area contributed by atoms with Gasteiger partial charge in [-0.2, -0.15) is 18.3 Å². The summed E-state index contributed by atoms with van der Waals surface area (Å²) in [4.78, 5) is 8.39. The number of fused-ring (bicyclic) bond motifs is 1. The Morgan fingerprint density at radius 2 is 1.64 bits per heavy atom. The third-order valence-corrected chi connectivity index (χ3v) is 3.83. The molecule has 4 rings (SSSR count). The van der Waals surface area contributed by atoms with Crippen LogP contribution in [-0.4, -0.2) is 19.6 Å². The van der Waals surface area contributed by atoms with Crippen molar-refractivity contribution in [3.8, 4) is 22.5 Å². The van der Waals surface area contributed by atoms with E-state index >= 15 is 0 Å². The summed E-state index contributed by atoms with van der Waals surface area (Å²) in [6, 6.07) is 12.2. The number of benzene rings is 1. The van der Waals surface area contributed by atoms with Crippen LogP contribution in [0.3, 0.4) is 0 Å². The molecule has 3 aromatic heterocycles. The number of rotatable bonds is 2. The highest BCUT2D eigenvalue weighted by Gasteiger charge is 2.30. The number of imidazole rings is 1. The van der Waals surface area contributed by atoms with Gasteiger partial charge in [-0.3, -0.25) is 4.98 Å². The Labute approximate surface area is 140 Å². The fraction of sp³-hybridized carbons (Fsp3) is 0.0556. The number of alkyl halides is 3. The molecule has 0 aliphatic rings. The second-order valence-electron chi connectivity index (χ2n) is 5.45. The number of halogens is 3. The van der Waals surface area contributed by atoms with Crippen LogP contribution < -0.4 is 0 Å². The van der Waals surface area contributed by atoms with Gasteiger partial charge in [0, 0.05) is 23.5 Å². The lowest BCUT2D eigenvalue weighted by Gasteiger charge is -2.08. The topological polar surface area (TPSA) is 43.1 Å². The van der Waals surface area contributed by atoms with E-state index in [1.54, 1.807) is 35.2 Å². The van der Waals surface area contributed by atoms with Gasteiger partial charge in [0.15, 0.2) is 5.65 Å². The van der Waals surface area contributed by atoms with Crippen LogP contribution in [0, 0.1) is 0 Å². The second-order valence-corrected chi connectivity index (χ2v) is 5.45. The van der Waals surface area contributed by atoms with E-state index in [9.17, 15) is 13.2 Å². The molecular weight excluding hydrogens is 329 g/mol. The Kier molecular flexibility index (Phi) is 3.49. The summed E-state index contributed by atoms with van der Waals surface area (Å²) in [6.45, 7) is 0. The van der Waals surface area contributed by atoms with Crippen LogP contribution in [0.1, 0.15) is 5.56 Å². The molecular formula is C18H11F3N4. The highest BCUT2D eigenvalue weighted by Crippen LogP contribution is 2.30. The molecule has 0 fully saturated rings. The van der Waals surface area contributed by atoms with E-state index in [1.165, 1.54) is 12.1 Å². The Morgan fingerprint density at radius 1 is 0.840 bits per heavy atom. The maximum Gasteiger partial charge on any atom is 0.416 e. The Balaban J connectivity index is 1.79. The minimum atomic E-state index is -4.35. The molecule has 0 N–H and O–H groups in total. The lowest BCUT2D eigenvalue weighted by molar-refractivity contribution is -0.137. The van der Waals surface area contributed by atoms with Gasteiger partial charge in [0.2, 0.25) is 0 Å². The highest BCUT2D eigenvalue weighted by molar-refractivity contribution is 5.65. The summed E-state index contributed by atoms with van der Waals surface area (Å²) < 4.78 is 39.7. The molecule has 0 radical (unpaired) electrons. The molecule has 25 heavy (non-hydrogen) atoms. The van der Waals surface area contributed by atoms with Gasteiger partial charge in [-0.25, -0.2) is 9.50 Å². The molecule has 4 nitrogen and oxygen atoms in total. The van der Waals surface area contributed by atoms with Crippen LogP contribution in [0.2, 0.25) is 0 Å². The highest BCUT2D eigenvalue weighted by atomic mass is 19.4. The van der Waals surface area contributed by atoms with E-state index in [0.29, 0.717) is 16.9 Å². The summed E-state index contributed by atoms with van der Waals surface area (Å²) >= 11 is 0. The molecule has 0 atom stereocenters. The fourth-order valence-corrected chi connectivity index (χ4v) is 2.57. The SMILES string of the molecule is FC(F)(F)c1ccc(-c2ccc3ncc(-c4cccnc4)n3n2)cc1. The van der Waals surface area contributed by atoms with Crippen molar-refractivity contribution >= 4 is 5.65 Å². The first-order valence-electron chi connectivity index (χ1n) is 7.45. The first kappa shape index (κ1) is 15.3. The zero-order valence-electron chi connectivity index (χ0n) is 12.8. The quantitative estimate of drug-likeness (QED) is 0.540. The van der Waals surface area contributed by atoms with E-state index in [4.69, 9.17) is 0 Å². The maximum absolute atomic E-state index is 12.7. The molecule has 4 aromatic rings. The molecule has 1 aromatic carbocycles. The fourth-order valence-electron chi connectivity index (χ4n) is 2.57.